The van der Waals surface area contributed by atoms with Crippen molar-refractivity contribution in [2.24, 2.45) is 0 Å². The second-order valence-electron chi connectivity index (χ2n) is 3.13. The molecule has 3 heteroatoms. The fraction of sp³-hybridized carbons (Fsp3) is 0.182. The van der Waals surface area contributed by atoms with Crippen LogP contribution in [0.1, 0.15) is 0 Å². The summed E-state index contributed by atoms with van der Waals surface area (Å²) >= 11 is 0. The van der Waals surface area contributed by atoms with Crippen molar-refractivity contribution in [1.29, 1.82) is 0 Å². The summed E-state index contributed by atoms with van der Waals surface area (Å²) in [6.07, 6.45) is 5.24. The van der Waals surface area contributed by atoms with Crippen molar-refractivity contribution in [3.8, 4) is 12.3 Å². The Morgan fingerprint density at radius 3 is 3.07 bits per heavy atom. The minimum absolute atomic E-state index is 0.0149. The molecule has 0 saturated heterocycles. The molecule has 2 rings (SSSR count). The topological polar surface area (TPSA) is 32.3 Å². The quantitative estimate of drug-likeness (QED) is 0.665. The lowest BCUT2D eigenvalue weighted by Gasteiger charge is -2.29. The van der Waals surface area contributed by atoms with E-state index in [4.69, 9.17) is 6.42 Å². The third kappa shape index (κ3) is 1.42. The number of fused-ring (bicyclic) bond motifs is 1. The lowest BCUT2D eigenvalue weighted by molar-refractivity contribution is -0.115. The van der Waals surface area contributed by atoms with Gasteiger partial charge < -0.3 is 10.2 Å². The summed E-state index contributed by atoms with van der Waals surface area (Å²) in [6.45, 7) is 0.797. The van der Waals surface area contributed by atoms with Crippen LogP contribution >= 0.6 is 0 Å². The Morgan fingerprint density at radius 2 is 2.29 bits per heavy atom. The minimum Gasteiger partial charge on any atom is -0.349 e. The smallest absolute Gasteiger partial charge is 0.243 e. The van der Waals surface area contributed by atoms with Crippen LogP contribution in [0.4, 0.5) is 11.4 Å². The molecule has 0 aliphatic carbocycles. The number of rotatable bonds is 1. The van der Waals surface area contributed by atoms with Gasteiger partial charge in [0, 0.05) is 0 Å². The number of carbonyl (C=O) groups is 1. The lowest BCUT2D eigenvalue weighted by atomic mass is 10.2. The average molecular weight is 186 g/mol. The molecule has 0 unspecified atom stereocenters. The first-order valence-corrected chi connectivity index (χ1v) is 4.38. The number of carbonyl (C=O) groups excluding carboxylic acids is 1. The summed E-state index contributed by atoms with van der Waals surface area (Å²) in [6, 6.07) is 7.64. The molecular formula is C11H10N2O. The molecule has 1 aromatic rings. The van der Waals surface area contributed by atoms with Crippen molar-refractivity contribution in [2.45, 2.75) is 0 Å². The number of anilines is 2. The highest BCUT2D eigenvalue weighted by Gasteiger charge is 2.19. The molecule has 1 aliphatic heterocycles. The number of amides is 1. The van der Waals surface area contributed by atoms with Gasteiger partial charge in [-0.15, -0.1) is 6.42 Å². The van der Waals surface area contributed by atoms with Gasteiger partial charge in [0.25, 0.3) is 0 Å². The van der Waals surface area contributed by atoms with Crippen molar-refractivity contribution in [3.05, 3.63) is 24.3 Å². The fourth-order valence-electron chi connectivity index (χ4n) is 1.55. The van der Waals surface area contributed by atoms with Crippen LogP contribution in [-0.4, -0.2) is 19.0 Å². The van der Waals surface area contributed by atoms with E-state index < -0.39 is 0 Å². The number of hydrogen-bond acceptors (Lipinski definition) is 2. The van der Waals surface area contributed by atoms with Crippen molar-refractivity contribution in [3.63, 3.8) is 0 Å². The molecule has 70 valence electrons. The van der Waals surface area contributed by atoms with Gasteiger partial charge in [-0.2, -0.15) is 0 Å². The Kier molecular flexibility index (Phi) is 2.11. The summed E-state index contributed by atoms with van der Waals surface area (Å²) in [4.78, 5) is 13.2. The van der Waals surface area contributed by atoms with E-state index in [9.17, 15) is 4.79 Å². The van der Waals surface area contributed by atoms with Crippen LogP contribution in [0.5, 0.6) is 0 Å². The largest absolute Gasteiger partial charge is 0.349 e. The molecule has 0 spiro atoms. The molecule has 1 aromatic carbocycles. The Bertz CT molecular complexity index is 406. The third-order valence-corrected chi connectivity index (χ3v) is 2.14. The maximum Gasteiger partial charge on any atom is 0.243 e. The van der Waals surface area contributed by atoms with E-state index in [0.29, 0.717) is 13.1 Å². The molecule has 1 heterocycles. The highest BCUT2D eigenvalue weighted by Crippen LogP contribution is 2.28. The number of para-hydroxylation sites is 2. The summed E-state index contributed by atoms with van der Waals surface area (Å²) in [5.41, 5.74) is 1.82. The van der Waals surface area contributed by atoms with Crippen LogP contribution in [0.3, 0.4) is 0 Å². The van der Waals surface area contributed by atoms with E-state index in [1.165, 1.54) is 0 Å². The van der Waals surface area contributed by atoms with Gasteiger partial charge >= 0.3 is 0 Å². The second kappa shape index (κ2) is 3.43. The van der Waals surface area contributed by atoms with Crippen molar-refractivity contribution in [2.75, 3.05) is 23.3 Å². The van der Waals surface area contributed by atoms with Gasteiger partial charge in [-0.3, -0.25) is 4.79 Å². The monoisotopic (exact) mass is 186 g/mol. The summed E-state index contributed by atoms with van der Waals surface area (Å²) < 4.78 is 0. The number of benzene rings is 1. The molecule has 3 nitrogen and oxygen atoms in total. The number of hydrogen-bond donors (Lipinski definition) is 1. The molecule has 0 atom stereocenters. The highest BCUT2D eigenvalue weighted by atomic mass is 16.2. The normalized spacial score (nSPS) is 14.2. The van der Waals surface area contributed by atoms with E-state index in [-0.39, 0.29) is 5.91 Å². The van der Waals surface area contributed by atoms with Crippen LogP contribution < -0.4 is 10.2 Å². The molecule has 0 bridgehead atoms. The van der Waals surface area contributed by atoms with E-state index in [1.54, 1.807) is 0 Å². The average Bonchev–Trinajstić information content (AvgIpc) is 2.18. The Balaban J connectivity index is 2.39. The molecule has 0 saturated carbocycles. The standard InChI is InChI=1S/C11H10N2O/c1-2-7-13-8-11(14)12-9-5-3-4-6-10(9)13/h1,3-6H,7-8H2,(H,12,14). The Morgan fingerprint density at radius 1 is 1.50 bits per heavy atom. The lowest BCUT2D eigenvalue weighted by Crippen LogP contribution is -2.38. The first-order valence-electron chi connectivity index (χ1n) is 4.38. The van der Waals surface area contributed by atoms with Crippen LogP contribution in [0.15, 0.2) is 24.3 Å². The first-order chi connectivity index (χ1) is 6.81. The third-order valence-electron chi connectivity index (χ3n) is 2.14. The molecule has 0 aromatic heterocycles. The first kappa shape index (κ1) is 8.64. The zero-order chi connectivity index (χ0) is 9.97. The van der Waals surface area contributed by atoms with E-state index >= 15 is 0 Å². The maximum atomic E-state index is 11.3. The Hall–Kier alpha value is -1.95. The number of nitrogens with one attached hydrogen (secondary N) is 1. The molecule has 0 radical (unpaired) electrons. The predicted octanol–water partition coefficient (Wildman–Crippen LogP) is 1.08. The molecule has 1 N–H and O–H groups in total. The molecule has 1 amide bonds. The van der Waals surface area contributed by atoms with Crippen LogP contribution in [0.25, 0.3) is 0 Å². The van der Waals surface area contributed by atoms with Gasteiger partial charge in [-0.25, -0.2) is 0 Å². The number of nitrogens with zero attached hydrogens (tertiary/aromatic N) is 1. The highest BCUT2D eigenvalue weighted by molar-refractivity contribution is 6.01. The van der Waals surface area contributed by atoms with Gasteiger partial charge in [0.2, 0.25) is 5.91 Å². The van der Waals surface area contributed by atoms with Gasteiger partial charge in [0.1, 0.15) is 0 Å². The van der Waals surface area contributed by atoms with E-state index in [0.717, 1.165) is 11.4 Å². The minimum atomic E-state index is -0.0149. The van der Waals surface area contributed by atoms with Gasteiger partial charge in [-0.1, -0.05) is 18.1 Å². The zero-order valence-electron chi connectivity index (χ0n) is 7.66. The van der Waals surface area contributed by atoms with E-state index in [1.807, 2.05) is 29.2 Å². The van der Waals surface area contributed by atoms with E-state index in [2.05, 4.69) is 11.2 Å². The Labute approximate surface area is 82.7 Å². The maximum absolute atomic E-state index is 11.3. The molecule has 0 fully saturated rings. The van der Waals surface area contributed by atoms with Crippen LogP contribution in [0, 0.1) is 12.3 Å². The van der Waals surface area contributed by atoms with Crippen molar-refractivity contribution < 1.29 is 4.79 Å². The van der Waals surface area contributed by atoms with Crippen molar-refractivity contribution in [1.82, 2.24) is 0 Å². The fourth-order valence-corrected chi connectivity index (χ4v) is 1.55. The molecule has 1 aliphatic rings. The van der Waals surface area contributed by atoms with Gasteiger partial charge in [0.15, 0.2) is 0 Å². The predicted molar refractivity (Wildman–Crippen MR) is 56.1 cm³/mol. The zero-order valence-corrected chi connectivity index (χ0v) is 7.66. The molecule has 14 heavy (non-hydrogen) atoms. The number of terminal acetylenes is 1. The van der Waals surface area contributed by atoms with Gasteiger partial charge in [0.05, 0.1) is 24.5 Å². The second-order valence-corrected chi connectivity index (χ2v) is 3.13. The summed E-state index contributed by atoms with van der Waals surface area (Å²) in [5.74, 6) is 2.53. The van der Waals surface area contributed by atoms with Crippen LogP contribution in [-0.2, 0) is 4.79 Å². The summed E-state index contributed by atoms with van der Waals surface area (Å²) in [5, 5.41) is 2.80. The SMILES string of the molecule is C#CCN1CC(=O)Nc2ccccc21. The van der Waals surface area contributed by atoms with Gasteiger partial charge in [-0.05, 0) is 12.1 Å². The summed E-state index contributed by atoms with van der Waals surface area (Å²) in [7, 11) is 0. The van der Waals surface area contributed by atoms with Crippen LogP contribution in [0.2, 0.25) is 0 Å². The van der Waals surface area contributed by atoms with Crippen molar-refractivity contribution >= 4 is 17.3 Å². The molecular weight excluding hydrogens is 176 g/mol.